The SMILES string of the molecule is Cc1ccccc1C(=O)NCCC(=O)Oc1ccc(Cl)cc1Cc1ccccc1. The number of halogens is 1. The van der Waals surface area contributed by atoms with Crippen LogP contribution in [0.5, 0.6) is 5.75 Å². The maximum Gasteiger partial charge on any atom is 0.312 e. The monoisotopic (exact) mass is 407 g/mol. The third-order valence-electron chi connectivity index (χ3n) is 4.49. The molecule has 148 valence electrons. The highest BCUT2D eigenvalue weighted by Crippen LogP contribution is 2.26. The van der Waals surface area contributed by atoms with E-state index < -0.39 is 5.97 Å². The predicted molar refractivity (Wildman–Crippen MR) is 114 cm³/mol. The third kappa shape index (κ3) is 5.93. The van der Waals surface area contributed by atoms with Gasteiger partial charge in [0.2, 0.25) is 0 Å². The van der Waals surface area contributed by atoms with Crippen molar-refractivity contribution in [1.29, 1.82) is 0 Å². The van der Waals surface area contributed by atoms with Crippen LogP contribution in [-0.4, -0.2) is 18.4 Å². The van der Waals surface area contributed by atoms with Gasteiger partial charge in [-0.15, -0.1) is 0 Å². The second-order valence-corrected chi connectivity index (χ2v) is 7.15. The molecule has 0 saturated heterocycles. The van der Waals surface area contributed by atoms with E-state index in [0.717, 1.165) is 16.7 Å². The van der Waals surface area contributed by atoms with Crippen LogP contribution in [0.1, 0.15) is 33.5 Å². The maximum atomic E-state index is 12.3. The summed E-state index contributed by atoms with van der Waals surface area (Å²) >= 11 is 6.12. The fourth-order valence-electron chi connectivity index (χ4n) is 2.98. The second-order valence-electron chi connectivity index (χ2n) is 6.71. The van der Waals surface area contributed by atoms with Gasteiger partial charge in [0.15, 0.2) is 0 Å². The maximum absolute atomic E-state index is 12.3. The number of amides is 1. The largest absolute Gasteiger partial charge is 0.426 e. The van der Waals surface area contributed by atoms with Crippen LogP contribution in [0.3, 0.4) is 0 Å². The first kappa shape index (κ1) is 20.6. The van der Waals surface area contributed by atoms with Gasteiger partial charge in [-0.05, 0) is 42.3 Å². The second kappa shape index (κ2) is 9.89. The molecule has 1 amide bonds. The molecule has 0 atom stereocenters. The number of nitrogens with one attached hydrogen (secondary N) is 1. The molecule has 0 aliphatic heterocycles. The minimum Gasteiger partial charge on any atom is -0.426 e. The zero-order valence-electron chi connectivity index (χ0n) is 16.2. The molecule has 0 saturated carbocycles. The highest BCUT2D eigenvalue weighted by Gasteiger charge is 2.12. The first-order chi connectivity index (χ1) is 14.0. The highest BCUT2D eigenvalue weighted by atomic mass is 35.5. The van der Waals surface area contributed by atoms with E-state index >= 15 is 0 Å². The van der Waals surface area contributed by atoms with E-state index in [4.69, 9.17) is 16.3 Å². The zero-order valence-corrected chi connectivity index (χ0v) is 16.9. The van der Waals surface area contributed by atoms with Gasteiger partial charge in [-0.1, -0.05) is 60.1 Å². The van der Waals surface area contributed by atoms with Gasteiger partial charge in [0, 0.05) is 29.1 Å². The Balaban J connectivity index is 1.58. The number of carbonyl (C=O) groups is 2. The molecule has 3 rings (SSSR count). The summed E-state index contributed by atoms with van der Waals surface area (Å²) in [5.41, 5.74) is 3.42. The molecule has 0 bridgehead atoms. The van der Waals surface area contributed by atoms with Gasteiger partial charge >= 0.3 is 5.97 Å². The van der Waals surface area contributed by atoms with Gasteiger partial charge in [0.05, 0.1) is 6.42 Å². The van der Waals surface area contributed by atoms with E-state index in [1.165, 1.54) is 0 Å². The number of hydrogen-bond acceptors (Lipinski definition) is 3. The number of ether oxygens (including phenoxy) is 1. The van der Waals surface area contributed by atoms with Crippen molar-refractivity contribution in [3.8, 4) is 5.75 Å². The summed E-state index contributed by atoms with van der Waals surface area (Å²) in [7, 11) is 0. The third-order valence-corrected chi connectivity index (χ3v) is 4.72. The number of carbonyl (C=O) groups excluding carboxylic acids is 2. The molecule has 0 spiro atoms. The number of esters is 1. The van der Waals surface area contributed by atoms with Crippen molar-refractivity contribution in [3.63, 3.8) is 0 Å². The molecule has 0 aromatic heterocycles. The summed E-state index contributed by atoms with van der Waals surface area (Å²) in [5.74, 6) is -0.132. The van der Waals surface area contributed by atoms with Crippen molar-refractivity contribution in [3.05, 3.63) is 100 Å². The fourth-order valence-corrected chi connectivity index (χ4v) is 3.17. The van der Waals surface area contributed by atoms with Crippen molar-refractivity contribution in [2.24, 2.45) is 0 Å². The molecule has 4 nitrogen and oxygen atoms in total. The van der Waals surface area contributed by atoms with E-state index in [-0.39, 0.29) is 18.9 Å². The lowest BCUT2D eigenvalue weighted by atomic mass is 10.0. The standard InChI is InChI=1S/C24H22ClNO3/c1-17-7-5-6-10-21(17)24(28)26-14-13-23(27)29-22-12-11-20(25)16-19(22)15-18-8-3-2-4-9-18/h2-12,16H,13-15H2,1H3,(H,26,28). The average molecular weight is 408 g/mol. The summed E-state index contributed by atoms with van der Waals surface area (Å²) in [6.45, 7) is 2.07. The van der Waals surface area contributed by atoms with E-state index in [1.54, 1.807) is 24.3 Å². The fraction of sp³-hybridized carbons (Fsp3) is 0.167. The molecular formula is C24H22ClNO3. The topological polar surface area (TPSA) is 55.4 Å². The quantitative estimate of drug-likeness (QED) is 0.444. The van der Waals surface area contributed by atoms with Crippen LogP contribution in [-0.2, 0) is 11.2 Å². The van der Waals surface area contributed by atoms with Crippen molar-refractivity contribution >= 4 is 23.5 Å². The average Bonchev–Trinajstić information content (AvgIpc) is 2.71. The molecule has 0 fully saturated rings. The lowest BCUT2D eigenvalue weighted by molar-refractivity contribution is -0.134. The summed E-state index contributed by atoms with van der Waals surface area (Å²) in [6, 6.07) is 22.4. The minimum atomic E-state index is -0.410. The molecule has 3 aromatic carbocycles. The molecule has 5 heteroatoms. The van der Waals surface area contributed by atoms with Crippen LogP contribution >= 0.6 is 11.6 Å². The van der Waals surface area contributed by atoms with E-state index in [9.17, 15) is 9.59 Å². The summed E-state index contributed by atoms with van der Waals surface area (Å²) < 4.78 is 5.54. The number of rotatable bonds is 7. The minimum absolute atomic E-state index is 0.0744. The molecule has 3 aromatic rings. The van der Waals surface area contributed by atoms with E-state index in [1.807, 2.05) is 55.5 Å². The molecular weight excluding hydrogens is 386 g/mol. The van der Waals surface area contributed by atoms with Crippen molar-refractivity contribution in [1.82, 2.24) is 5.32 Å². The van der Waals surface area contributed by atoms with Crippen molar-refractivity contribution in [2.45, 2.75) is 19.8 Å². The van der Waals surface area contributed by atoms with E-state index in [0.29, 0.717) is 22.8 Å². The smallest absolute Gasteiger partial charge is 0.312 e. The van der Waals surface area contributed by atoms with Gasteiger partial charge in [-0.2, -0.15) is 0 Å². The summed E-state index contributed by atoms with van der Waals surface area (Å²) in [6.07, 6.45) is 0.680. The Morgan fingerprint density at radius 3 is 2.45 bits per heavy atom. The van der Waals surface area contributed by atoms with Crippen LogP contribution in [0.15, 0.2) is 72.8 Å². The van der Waals surface area contributed by atoms with Crippen molar-refractivity contribution < 1.29 is 14.3 Å². The normalized spacial score (nSPS) is 10.4. The molecule has 0 aliphatic carbocycles. The Labute approximate surface area is 175 Å². The predicted octanol–water partition coefficient (Wildman–Crippen LogP) is 4.96. The Morgan fingerprint density at radius 1 is 0.966 bits per heavy atom. The first-order valence-corrected chi connectivity index (χ1v) is 9.77. The molecule has 0 radical (unpaired) electrons. The summed E-state index contributed by atoms with van der Waals surface area (Å²) in [5, 5.41) is 3.34. The Kier molecular flexibility index (Phi) is 7.04. The van der Waals surface area contributed by atoms with Gasteiger partial charge < -0.3 is 10.1 Å². The van der Waals surface area contributed by atoms with E-state index in [2.05, 4.69) is 5.32 Å². The number of hydrogen-bond donors (Lipinski definition) is 1. The Morgan fingerprint density at radius 2 is 1.69 bits per heavy atom. The van der Waals surface area contributed by atoms with Crippen LogP contribution in [0.4, 0.5) is 0 Å². The van der Waals surface area contributed by atoms with Gasteiger partial charge in [0.1, 0.15) is 5.75 Å². The first-order valence-electron chi connectivity index (χ1n) is 9.40. The van der Waals surface area contributed by atoms with Gasteiger partial charge in [-0.3, -0.25) is 9.59 Å². The number of aryl methyl sites for hydroxylation is 1. The Bertz CT molecular complexity index is 1000. The van der Waals surface area contributed by atoms with Crippen LogP contribution in [0.2, 0.25) is 5.02 Å². The summed E-state index contributed by atoms with van der Waals surface area (Å²) in [4.78, 5) is 24.5. The van der Waals surface area contributed by atoms with Gasteiger partial charge in [0.25, 0.3) is 5.91 Å². The van der Waals surface area contributed by atoms with Gasteiger partial charge in [-0.25, -0.2) is 0 Å². The molecule has 29 heavy (non-hydrogen) atoms. The molecule has 0 aliphatic rings. The Hall–Kier alpha value is -3.11. The van der Waals surface area contributed by atoms with Crippen molar-refractivity contribution in [2.75, 3.05) is 6.54 Å². The molecule has 0 unspecified atom stereocenters. The molecule has 1 N–H and O–H groups in total. The van der Waals surface area contributed by atoms with Crippen LogP contribution < -0.4 is 10.1 Å². The lowest BCUT2D eigenvalue weighted by Gasteiger charge is -2.11. The zero-order chi connectivity index (χ0) is 20.6. The lowest BCUT2D eigenvalue weighted by Crippen LogP contribution is -2.27. The highest BCUT2D eigenvalue weighted by molar-refractivity contribution is 6.30. The van der Waals surface area contributed by atoms with Crippen LogP contribution in [0.25, 0.3) is 0 Å². The molecule has 0 heterocycles. The van der Waals surface area contributed by atoms with Crippen LogP contribution in [0, 0.1) is 6.92 Å². The number of benzene rings is 3.